The molecule has 2 aliphatic heterocycles. The van der Waals surface area contributed by atoms with Crippen molar-refractivity contribution in [3.63, 3.8) is 0 Å². The standard InChI is InChI=1S/C20H20N2O2S2/c1-12-9-10-22(16-5-3-4-6-18(16)25-12)20(24)14-7-8-17-15(11-14)21-19(23)13(2)26-17/h3-8,11-13H,9-10H2,1-2H3,(H,21,23)/t12-,13-/m1/s1. The normalized spacial score (nSPS) is 22.1. The highest BCUT2D eigenvalue weighted by molar-refractivity contribution is 8.01. The second kappa shape index (κ2) is 7.00. The molecule has 4 nitrogen and oxygen atoms in total. The molecule has 2 aromatic rings. The largest absolute Gasteiger partial charge is 0.324 e. The SMILES string of the molecule is C[C@@H]1CCN(C(=O)c2ccc3c(c2)NC(=O)[C@@H](C)S3)c2ccccc2S1. The van der Waals surface area contributed by atoms with Gasteiger partial charge in [-0.05, 0) is 43.7 Å². The molecule has 1 N–H and O–H groups in total. The molecular formula is C20H20N2O2S2. The van der Waals surface area contributed by atoms with Gasteiger partial charge in [-0.1, -0.05) is 19.1 Å². The summed E-state index contributed by atoms with van der Waals surface area (Å²) in [7, 11) is 0. The first-order valence-electron chi connectivity index (χ1n) is 8.72. The number of carbonyl (C=O) groups excluding carboxylic acids is 2. The maximum atomic E-state index is 13.3. The fourth-order valence-corrected chi connectivity index (χ4v) is 5.24. The van der Waals surface area contributed by atoms with Crippen LogP contribution in [0.1, 0.15) is 30.6 Å². The lowest BCUT2D eigenvalue weighted by atomic mass is 10.1. The Morgan fingerprint density at radius 2 is 1.92 bits per heavy atom. The summed E-state index contributed by atoms with van der Waals surface area (Å²) in [6, 6.07) is 13.7. The van der Waals surface area contributed by atoms with E-state index in [0.29, 0.717) is 17.4 Å². The number of amides is 2. The third-order valence-electron chi connectivity index (χ3n) is 4.65. The van der Waals surface area contributed by atoms with Crippen LogP contribution in [0.25, 0.3) is 0 Å². The fraction of sp³-hybridized carbons (Fsp3) is 0.300. The molecule has 0 aliphatic carbocycles. The number of hydrogen-bond acceptors (Lipinski definition) is 4. The average molecular weight is 385 g/mol. The third-order valence-corrected chi connectivity index (χ3v) is 7.06. The van der Waals surface area contributed by atoms with Crippen LogP contribution in [0.5, 0.6) is 0 Å². The van der Waals surface area contributed by atoms with E-state index in [0.717, 1.165) is 27.6 Å². The molecule has 0 fully saturated rings. The van der Waals surface area contributed by atoms with Crippen molar-refractivity contribution in [3.05, 3.63) is 48.0 Å². The van der Waals surface area contributed by atoms with E-state index in [4.69, 9.17) is 0 Å². The molecule has 0 aromatic heterocycles. The number of nitrogens with one attached hydrogen (secondary N) is 1. The molecule has 6 heteroatoms. The molecule has 0 saturated carbocycles. The lowest BCUT2D eigenvalue weighted by Crippen LogP contribution is -2.32. The van der Waals surface area contributed by atoms with Gasteiger partial charge in [0, 0.05) is 27.1 Å². The second-order valence-corrected chi connectivity index (χ2v) is 9.46. The lowest BCUT2D eigenvalue weighted by Gasteiger charge is -2.25. The van der Waals surface area contributed by atoms with E-state index in [-0.39, 0.29) is 17.1 Å². The van der Waals surface area contributed by atoms with Gasteiger partial charge < -0.3 is 10.2 Å². The number of carbonyl (C=O) groups is 2. The van der Waals surface area contributed by atoms with Gasteiger partial charge in [0.15, 0.2) is 0 Å². The molecule has 0 unspecified atom stereocenters. The first-order chi connectivity index (χ1) is 12.5. The van der Waals surface area contributed by atoms with Gasteiger partial charge in [-0.25, -0.2) is 0 Å². The topological polar surface area (TPSA) is 49.4 Å². The summed E-state index contributed by atoms with van der Waals surface area (Å²) in [5.74, 6) is -0.0368. The third kappa shape index (κ3) is 3.23. The first-order valence-corrected chi connectivity index (χ1v) is 10.5. The molecule has 0 radical (unpaired) electrons. The molecular weight excluding hydrogens is 364 g/mol. The van der Waals surface area contributed by atoms with Crippen molar-refractivity contribution in [2.24, 2.45) is 0 Å². The number of nitrogens with zero attached hydrogens (tertiary/aromatic N) is 1. The number of hydrogen-bond donors (Lipinski definition) is 1. The van der Waals surface area contributed by atoms with Gasteiger partial charge in [-0.2, -0.15) is 0 Å². The summed E-state index contributed by atoms with van der Waals surface area (Å²) in [5, 5.41) is 3.27. The van der Waals surface area contributed by atoms with Gasteiger partial charge in [0.25, 0.3) is 5.91 Å². The Bertz CT molecular complexity index is 884. The number of thioether (sulfide) groups is 2. The highest BCUT2D eigenvalue weighted by Crippen LogP contribution is 2.39. The number of anilines is 2. The van der Waals surface area contributed by atoms with Crippen molar-refractivity contribution in [2.45, 2.75) is 40.6 Å². The van der Waals surface area contributed by atoms with Crippen LogP contribution in [-0.2, 0) is 4.79 Å². The van der Waals surface area contributed by atoms with Crippen molar-refractivity contribution < 1.29 is 9.59 Å². The van der Waals surface area contributed by atoms with E-state index < -0.39 is 0 Å². The Labute approximate surface area is 161 Å². The van der Waals surface area contributed by atoms with Crippen LogP contribution >= 0.6 is 23.5 Å². The molecule has 2 atom stereocenters. The number of rotatable bonds is 1. The minimum atomic E-state index is -0.111. The van der Waals surface area contributed by atoms with Gasteiger partial charge >= 0.3 is 0 Å². The Hall–Kier alpha value is -1.92. The van der Waals surface area contributed by atoms with Crippen molar-refractivity contribution in [2.75, 3.05) is 16.8 Å². The molecule has 2 amide bonds. The maximum Gasteiger partial charge on any atom is 0.258 e. The van der Waals surface area contributed by atoms with Gasteiger partial charge in [0.2, 0.25) is 5.91 Å². The highest BCUT2D eigenvalue weighted by atomic mass is 32.2. The molecule has 0 spiro atoms. The van der Waals surface area contributed by atoms with Gasteiger partial charge in [-0.3, -0.25) is 9.59 Å². The predicted octanol–water partition coefficient (Wildman–Crippen LogP) is 4.65. The van der Waals surface area contributed by atoms with Gasteiger partial charge in [-0.15, -0.1) is 23.5 Å². The minimum absolute atomic E-state index is 0.0163. The van der Waals surface area contributed by atoms with Gasteiger partial charge in [0.1, 0.15) is 0 Å². The second-order valence-electron chi connectivity index (χ2n) is 6.60. The Balaban J connectivity index is 1.68. The molecule has 0 bridgehead atoms. The van der Waals surface area contributed by atoms with E-state index in [1.807, 2.05) is 53.9 Å². The van der Waals surface area contributed by atoms with Crippen LogP contribution < -0.4 is 10.2 Å². The van der Waals surface area contributed by atoms with E-state index in [1.165, 1.54) is 11.8 Å². The van der Waals surface area contributed by atoms with Crippen LogP contribution in [0, 0.1) is 0 Å². The fourth-order valence-electron chi connectivity index (χ4n) is 3.20. The molecule has 26 heavy (non-hydrogen) atoms. The summed E-state index contributed by atoms with van der Waals surface area (Å²) in [5.41, 5.74) is 2.31. The maximum absolute atomic E-state index is 13.3. The molecule has 2 aliphatic rings. The number of para-hydroxylation sites is 1. The quantitative estimate of drug-likeness (QED) is 0.777. The van der Waals surface area contributed by atoms with Crippen LogP contribution in [0.15, 0.2) is 52.3 Å². The minimum Gasteiger partial charge on any atom is -0.324 e. The monoisotopic (exact) mass is 384 g/mol. The zero-order valence-electron chi connectivity index (χ0n) is 14.7. The molecule has 0 saturated heterocycles. The van der Waals surface area contributed by atoms with E-state index in [2.05, 4.69) is 18.3 Å². The molecule has 4 rings (SSSR count). The Morgan fingerprint density at radius 1 is 1.12 bits per heavy atom. The zero-order chi connectivity index (χ0) is 18.3. The first kappa shape index (κ1) is 17.5. The molecule has 134 valence electrons. The van der Waals surface area contributed by atoms with Crippen LogP contribution in [0.3, 0.4) is 0 Å². The molecule has 2 heterocycles. The summed E-state index contributed by atoms with van der Waals surface area (Å²) in [4.78, 5) is 29.2. The number of fused-ring (bicyclic) bond motifs is 2. The average Bonchev–Trinajstić information content (AvgIpc) is 2.80. The van der Waals surface area contributed by atoms with Crippen LogP contribution in [-0.4, -0.2) is 28.9 Å². The van der Waals surface area contributed by atoms with E-state index in [1.54, 1.807) is 6.07 Å². The van der Waals surface area contributed by atoms with Crippen LogP contribution in [0.2, 0.25) is 0 Å². The smallest absolute Gasteiger partial charge is 0.258 e. The Morgan fingerprint density at radius 3 is 2.77 bits per heavy atom. The summed E-state index contributed by atoms with van der Waals surface area (Å²) in [6.07, 6.45) is 0.945. The van der Waals surface area contributed by atoms with Crippen LogP contribution in [0.4, 0.5) is 11.4 Å². The van der Waals surface area contributed by atoms with Crippen molar-refractivity contribution in [1.82, 2.24) is 0 Å². The summed E-state index contributed by atoms with van der Waals surface area (Å²) < 4.78 is 0. The van der Waals surface area contributed by atoms with E-state index >= 15 is 0 Å². The predicted molar refractivity (Wildman–Crippen MR) is 108 cm³/mol. The zero-order valence-corrected chi connectivity index (χ0v) is 16.3. The lowest BCUT2D eigenvalue weighted by molar-refractivity contribution is -0.115. The van der Waals surface area contributed by atoms with Crippen molar-refractivity contribution in [1.29, 1.82) is 0 Å². The molecule has 2 aromatic carbocycles. The number of benzene rings is 2. The summed E-state index contributed by atoms with van der Waals surface area (Å²) >= 11 is 3.35. The Kier molecular flexibility index (Phi) is 4.71. The van der Waals surface area contributed by atoms with Crippen molar-refractivity contribution >= 4 is 46.7 Å². The van der Waals surface area contributed by atoms with Gasteiger partial charge in [0.05, 0.1) is 16.6 Å². The highest BCUT2D eigenvalue weighted by Gasteiger charge is 2.27. The van der Waals surface area contributed by atoms with E-state index in [9.17, 15) is 9.59 Å². The summed E-state index contributed by atoms with van der Waals surface area (Å²) in [6.45, 7) is 4.77. The van der Waals surface area contributed by atoms with Crippen molar-refractivity contribution in [3.8, 4) is 0 Å².